The number of rotatable bonds is 5. The molecular weight excluding hydrogens is 296 g/mol. The fourth-order valence-electron chi connectivity index (χ4n) is 1.99. The third-order valence-corrected chi connectivity index (χ3v) is 4.23. The van der Waals surface area contributed by atoms with Crippen LogP contribution in [0.3, 0.4) is 0 Å². The summed E-state index contributed by atoms with van der Waals surface area (Å²) in [4.78, 5) is 13.3. The van der Waals surface area contributed by atoms with Crippen molar-refractivity contribution in [1.29, 1.82) is 0 Å². The fraction of sp³-hybridized carbons (Fsp3) is 0.231. The van der Waals surface area contributed by atoms with Crippen LogP contribution in [0.2, 0.25) is 4.34 Å². The van der Waals surface area contributed by atoms with Gasteiger partial charge in [0.15, 0.2) is 0 Å². The van der Waals surface area contributed by atoms with Gasteiger partial charge in [0.25, 0.3) is 5.56 Å². The molecule has 104 valence electrons. The largest absolute Gasteiger partial charge is 0.311 e. The van der Waals surface area contributed by atoms with Crippen molar-refractivity contribution in [3.05, 3.63) is 56.4 Å². The molecule has 0 aliphatic rings. The minimum absolute atomic E-state index is 0.0223. The highest BCUT2D eigenvalue weighted by molar-refractivity contribution is 7.16. The summed E-state index contributed by atoms with van der Waals surface area (Å²) in [7, 11) is 0. The first kappa shape index (κ1) is 13.4. The molecule has 0 radical (unpaired) electrons. The van der Waals surface area contributed by atoms with Gasteiger partial charge in [0.2, 0.25) is 0 Å². The predicted molar refractivity (Wildman–Crippen MR) is 80.5 cm³/mol. The van der Waals surface area contributed by atoms with Gasteiger partial charge in [-0.15, -0.1) is 11.3 Å². The third-order valence-electron chi connectivity index (χ3n) is 3.00. The van der Waals surface area contributed by atoms with Gasteiger partial charge in [-0.25, -0.2) is 4.52 Å². The lowest BCUT2D eigenvalue weighted by atomic mass is 10.4. The van der Waals surface area contributed by atoms with E-state index in [-0.39, 0.29) is 5.56 Å². The molecule has 3 aromatic heterocycles. The van der Waals surface area contributed by atoms with Gasteiger partial charge in [0, 0.05) is 36.9 Å². The quantitative estimate of drug-likeness (QED) is 0.734. The van der Waals surface area contributed by atoms with Gasteiger partial charge < -0.3 is 9.88 Å². The Morgan fingerprint density at radius 3 is 3.00 bits per heavy atom. The van der Waals surface area contributed by atoms with Gasteiger partial charge in [-0.05, 0) is 18.2 Å². The van der Waals surface area contributed by atoms with E-state index in [0.29, 0.717) is 12.1 Å². The number of nitrogens with zero attached hydrogens (tertiary/aromatic N) is 3. The zero-order chi connectivity index (χ0) is 13.9. The Hall–Kier alpha value is -1.63. The normalized spacial score (nSPS) is 11.2. The summed E-state index contributed by atoms with van der Waals surface area (Å²) >= 11 is 7.43. The van der Waals surface area contributed by atoms with Crippen molar-refractivity contribution >= 4 is 28.5 Å². The van der Waals surface area contributed by atoms with Crippen molar-refractivity contribution in [2.75, 3.05) is 6.54 Å². The minimum Gasteiger partial charge on any atom is -0.311 e. The lowest BCUT2D eigenvalue weighted by Crippen LogP contribution is -2.27. The summed E-state index contributed by atoms with van der Waals surface area (Å²) in [5.41, 5.74) is 0.573. The van der Waals surface area contributed by atoms with Crippen molar-refractivity contribution in [3.63, 3.8) is 0 Å². The van der Waals surface area contributed by atoms with Crippen LogP contribution in [0.1, 0.15) is 4.88 Å². The van der Waals surface area contributed by atoms with E-state index >= 15 is 0 Å². The Morgan fingerprint density at radius 2 is 2.20 bits per heavy atom. The SMILES string of the molecule is O=c1c2ccnn2ccn1CCNCc1ccc(Cl)s1. The average Bonchev–Trinajstić information content (AvgIpc) is 3.06. The molecule has 3 rings (SSSR count). The molecule has 0 aromatic carbocycles. The van der Waals surface area contributed by atoms with Gasteiger partial charge in [0.1, 0.15) is 5.52 Å². The van der Waals surface area contributed by atoms with Crippen LogP contribution in [0.25, 0.3) is 5.52 Å². The van der Waals surface area contributed by atoms with Crippen molar-refractivity contribution in [2.24, 2.45) is 0 Å². The highest BCUT2D eigenvalue weighted by Crippen LogP contribution is 2.20. The van der Waals surface area contributed by atoms with E-state index in [1.54, 1.807) is 45.1 Å². The topological polar surface area (TPSA) is 51.3 Å². The van der Waals surface area contributed by atoms with Gasteiger partial charge in [-0.3, -0.25) is 4.79 Å². The molecule has 7 heteroatoms. The maximum Gasteiger partial charge on any atom is 0.276 e. The van der Waals surface area contributed by atoms with Crippen LogP contribution in [0.4, 0.5) is 0 Å². The summed E-state index contributed by atoms with van der Waals surface area (Å²) in [5.74, 6) is 0. The lowest BCUT2D eigenvalue weighted by molar-refractivity contribution is 0.585. The van der Waals surface area contributed by atoms with E-state index in [9.17, 15) is 4.79 Å². The molecule has 0 amide bonds. The molecule has 0 aliphatic carbocycles. The average molecular weight is 309 g/mol. The first-order valence-electron chi connectivity index (χ1n) is 6.22. The summed E-state index contributed by atoms with van der Waals surface area (Å²) in [5, 5.41) is 7.34. The number of halogens is 1. The molecule has 0 unspecified atom stereocenters. The van der Waals surface area contributed by atoms with Gasteiger partial charge in [-0.1, -0.05) is 11.6 Å². The van der Waals surface area contributed by atoms with Gasteiger partial charge in [0.05, 0.1) is 10.5 Å². The summed E-state index contributed by atoms with van der Waals surface area (Å²) in [6.07, 6.45) is 5.17. The number of hydrogen-bond acceptors (Lipinski definition) is 4. The second-order valence-corrected chi connectivity index (χ2v) is 6.14. The van der Waals surface area contributed by atoms with Crippen LogP contribution in [-0.4, -0.2) is 20.7 Å². The van der Waals surface area contributed by atoms with Crippen LogP contribution in [0.5, 0.6) is 0 Å². The van der Waals surface area contributed by atoms with Crippen LogP contribution < -0.4 is 10.9 Å². The second kappa shape index (κ2) is 5.78. The summed E-state index contributed by atoms with van der Waals surface area (Å²) in [6, 6.07) is 5.62. The zero-order valence-corrected chi connectivity index (χ0v) is 12.2. The first-order valence-corrected chi connectivity index (χ1v) is 7.41. The standard InChI is InChI=1S/C13H13ClN4OS/c14-12-2-1-10(20-12)9-15-5-6-17-7-8-18-11(13(17)19)3-4-16-18/h1-4,7-8,15H,5-6,9H2. The molecule has 1 N–H and O–H groups in total. The highest BCUT2D eigenvalue weighted by atomic mass is 35.5. The summed E-state index contributed by atoms with van der Waals surface area (Å²) in [6.45, 7) is 2.11. The van der Waals surface area contributed by atoms with E-state index < -0.39 is 0 Å². The molecule has 0 fully saturated rings. The number of fused-ring (bicyclic) bond motifs is 1. The Bertz CT molecular complexity index is 776. The van der Waals surface area contributed by atoms with Gasteiger partial charge in [-0.2, -0.15) is 5.10 Å². The Kier molecular flexibility index (Phi) is 3.86. The molecule has 0 spiro atoms. The highest BCUT2D eigenvalue weighted by Gasteiger charge is 2.03. The lowest BCUT2D eigenvalue weighted by Gasteiger charge is -2.07. The van der Waals surface area contributed by atoms with E-state index in [1.807, 2.05) is 12.1 Å². The molecule has 0 aliphatic heterocycles. The molecule has 0 atom stereocenters. The molecule has 0 saturated carbocycles. The van der Waals surface area contributed by atoms with Crippen molar-refractivity contribution in [3.8, 4) is 0 Å². The zero-order valence-electron chi connectivity index (χ0n) is 10.6. The van der Waals surface area contributed by atoms with Crippen molar-refractivity contribution in [2.45, 2.75) is 13.1 Å². The summed E-state index contributed by atoms with van der Waals surface area (Å²) < 4.78 is 4.06. The second-order valence-electron chi connectivity index (χ2n) is 4.34. The maximum absolute atomic E-state index is 12.1. The Morgan fingerprint density at radius 1 is 1.30 bits per heavy atom. The third kappa shape index (κ3) is 2.77. The van der Waals surface area contributed by atoms with Crippen LogP contribution in [-0.2, 0) is 13.1 Å². The molecule has 20 heavy (non-hydrogen) atoms. The van der Waals surface area contributed by atoms with E-state index in [4.69, 9.17) is 11.6 Å². The molecule has 5 nitrogen and oxygen atoms in total. The van der Waals surface area contributed by atoms with Crippen LogP contribution in [0.15, 0.2) is 41.6 Å². The molecular formula is C13H13ClN4OS. The molecule has 3 aromatic rings. The molecule has 3 heterocycles. The van der Waals surface area contributed by atoms with E-state index in [2.05, 4.69) is 10.4 Å². The van der Waals surface area contributed by atoms with Crippen molar-refractivity contribution < 1.29 is 0 Å². The molecule has 0 bridgehead atoms. The Labute approximate surface area is 124 Å². The smallest absolute Gasteiger partial charge is 0.276 e. The van der Waals surface area contributed by atoms with E-state index in [1.165, 1.54) is 4.88 Å². The van der Waals surface area contributed by atoms with Crippen LogP contribution in [0, 0.1) is 0 Å². The van der Waals surface area contributed by atoms with Gasteiger partial charge >= 0.3 is 0 Å². The Balaban J connectivity index is 1.59. The minimum atomic E-state index is -0.0223. The number of nitrogens with one attached hydrogen (secondary N) is 1. The number of aromatic nitrogens is 3. The predicted octanol–water partition coefficient (Wildman–Crippen LogP) is 2.00. The number of thiophene rings is 1. The monoisotopic (exact) mass is 308 g/mol. The van der Waals surface area contributed by atoms with E-state index in [0.717, 1.165) is 17.4 Å². The number of hydrogen-bond donors (Lipinski definition) is 1. The fourth-order valence-corrected chi connectivity index (χ4v) is 3.05. The maximum atomic E-state index is 12.1. The first-order chi connectivity index (χ1) is 9.74. The molecule has 0 saturated heterocycles. The van der Waals surface area contributed by atoms with Crippen LogP contribution >= 0.6 is 22.9 Å². The van der Waals surface area contributed by atoms with Crippen molar-refractivity contribution in [1.82, 2.24) is 19.5 Å².